The smallest absolute Gasteiger partial charge is 0.270 e. The fourth-order valence-corrected chi connectivity index (χ4v) is 2.72. The third kappa shape index (κ3) is 5.39. The Morgan fingerprint density at radius 2 is 2.04 bits per heavy atom. The van der Waals surface area contributed by atoms with Crippen LogP contribution in [-0.4, -0.2) is 52.9 Å². The summed E-state index contributed by atoms with van der Waals surface area (Å²) in [5.74, 6) is -0.466. The van der Waals surface area contributed by atoms with Crippen LogP contribution in [0.25, 0.3) is 0 Å². The van der Waals surface area contributed by atoms with Gasteiger partial charge in [0, 0.05) is 38.2 Å². The van der Waals surface area contributed by atoms with Gasteiger partial charge < -0.3 is 15.5 Å². The maximum atomic E-state index is 12.6. The summed E-state index contributed by atoms with van der Waals surface area (Å²) in [7, 11) is 0. The van der Waals surface area contributed by atoms with Crippen molar-refractivity contribution in [3.63, 3.8) is 0 Å². The van der Waals surface area contributed by atoms with E-state index in [1.165, 1.54) is 0 Å². The topological polar surface area (TPSA) is 87.2 Å². The van der Waals surface area contributed by atoms with E-state index in [0.717, 1.165) is 12.1 Å². The lowest BCUT2D eigenvalue weighted by Gasteiger charge is -2.36. The number of carbonyl (C=O) groups excluding carboxylic acids is 2. The van der Waals surface area contributed by atoms with Crippen molar-refractivity contribution in [2.75, 3.05) is 26.2 Å². The molecule has 0 bridgehead atoms. The Morgan fingerprint density at radius 1 is 1.19 bits per heavy atom. The molecular weight excluding hydrogens is 377 g/mol. The first-order valence-corrected chi connectivity index (χ1v) is 7.85. The molecule has 0 aliphatic carbocycles. The van der Waals surface area contributed by atoms with Crippen molar-refractivity contribution in [2.45, 2.75) is 6.04 Å². The molecule has 0 saturated carbocycles. The van der Waals surface area contributed by atoms with Crippen LogP contribution < -0.4 is 10.6 Å². The predicted molar refractivity (Wildman–Crippen MR) is 103 cm³/mol. The van der Waals surface area contributed by atoms with Gasteiger partial charge in [-0.25, -0.2) is 0 Å². The van der Waals surface area contributed by atoms with Crippen molar-refractivity contribution in [1.82, 2.24) is 25.5 Å². The molecule has 2 aromatic heterocycles. The third-order valence-electron chi connectivity index (χ3n) is 3.93. The summed E-state index contributed by atoms with van der Waals surface area (Å²) in [6, 6.07) is 8.82. The van der Waals surface area contributed by atoms with Crippen molar-refractivity contribution in [1.29, 1.82) is 0 Å². The van der Waals surface area contributed by atoms with Gasteiger partial charge in [-0.2, -0.15) is 0 Å². The zero-order chi connectivity index (χ0) is 16.8. The average molecular weight is 398 g/mol. The van der Waals surface area contributed by atoms with E-state index in [1.807, 2.05) is 12.1 Å². The molecule has 1 aliphatic heterocycles. The van der Waals surface area contributed by atoms with Gasteiger partial charge in [0.2, 0.25) is 5.91 Å². The molecule has 1 atom stereocenters. The number of hydrogen-bond acceptors (Lipinski definition) is 5. The fourth-order valence-electron chi connectivity index (χ4n) is 2.72. The highest BCUT2D eigenvalue weighted by molar-refractivity contribution is 5.94. The minimum absolute atomic E-state index is 0. The van der Waals surface area contributed by atoms with Crippen molar-refractivity contribution >= 4 is 36.6 Å². The average Bonchev–Trinajstić information content (AvgIpc) is 2.67. The second-order valence-electron chi connectivity index (χ2n) is 5.49. The number of halogens is 2. The summed E-state index contributed by atoms with van der Waals surface area (Å²) >= 11 is 0. The van der Waals surface area contributed by atoms with Gasteiger partial charge in [0.05, 0.1) is 12.6 Å². The molecule has 140 valence electrons. The molecule has 1 aliphatic rings. The van der Waals surface area contributed by atoms with Gasteiger partial charge in [-0.05, 0) is 23.8 Å². The van der Waals surface area contributed by atoms with Crippen molar-refractivity contribution < 1.29 is 9.59 Å². The van der Waals surface area contributed by atoms with Crippen LogP contribution in [0.2, 0.25) is 0 Å². The maximum absolute atomic E-state index is 12.6. The van der Waals surface area contributed by atoms with E-state index in [0.29, 0.717) is 18.8 Å². The SMILES string of the molecule is Cl.Cl.O=C(NCC(=O)N1CCNCC1c1cccnc1)c1ccccn1. The summed E-state index contributed by atoms with van der Waals surface area (Å²) in [6.45, 7) is 1.95. The van der Waals surface area contributed by atoms with Crippen LogP contribution in [-0.2, 0) is 4.79 Å². The number of rotatable bonds is 4. The molecule has 1 saturated heterocycles. The molecule has 0 spiro atoms. The van der Waals surface area contributed by atoms with E-state index < -0.39 is 0 Å². The van der Waals surface area contributed by atoms with Crippen LogP contribution in [0.15, 0.2) is 48.9 Å². The van der Waals surface area contributed by atoms with Crippen LogP contribution in [0, 0.1) is 0 Å². The van der Waals surface area contributed by atoms with E-state index in [1.54, 1.807) is 41.7 Å². The van der Waals surface area contributed by atoms with Crippen LogP contribution in [0.4, 0.5) is 0 Å². The normalized spacial score (nSPS) is 16.0. The molecule has 2 aromatic rings. The van der Waals surface area contributed by atoms with Crippen LogP contribution in [0.5, 0.6) is 0 Å². The summed E-state index contributed by atoms with van der Waals surface area (Å²) < 4.78 is 0. The number of pyridine rings is 2. The zero-order valence-electron chi connectivity index (χ0n) is 14.0. The first-order valence-electron chi connectivity index (χ1n) is 7.85. The Labute approximate surface area is 164 Å². The fraction of sp³-hybridized carbons (Fsp3) is 0.294. The minimum Gasteiger partial charge on any atom is -0.342 e. The van der Waals surface area contributed by atoms with Crippen molar-refractivity contribution in [2.24, 2.45) is 0 Å². The lowest BCUT2D eigenvalue weighted by atomic mass is 10.1. The van der Waals surface area contributed by atoms with Gasteiger partial charge in [0.15, 0.2) is 0 Å². The highest BCUT2D eigenvalue weighted by Crippen LogP contribution is 2.21. The molecular formula is C17H21Cl2N5O2. The standard InChI is InChI=1S/C17H19N5O2.2ClH/c23-16(12-21-17(24)14-5-1-2-7-20-14)22-9-8-19-11-15(22)13-4-3-6-18-10-13;;/h1-7,10,15,19H,8-9,11-12H2,(H,21,24);2*1H. The Morgan fingerprint density at radius 3 is 2.73 bits per heavy atom. The van der Waals surface area contributed by atoms with Crippen LogP contribution in [0.3, 0.4) is 0 Å². The number of nitrogens with one attached hydrogen (secondary N) is 2. The molecule has 1 fully saturated rings. The van der Waals surface area contributed by atoms with E-state index >= 15 is 0 Å². The Kier molecular flexibility index (Phi) is 8.98. The number of aromatic nitrogens is 2. The molecule has 2 N–H and O–H groups in total. The number of carbonyl (C=O) groups is 2. The Bertz CT molecular complexity index is 703. The first kappa shape index (κ1) is 21.8. The van der Waals surface area contributed by atoms with Crippen LogP contribution >= 0.6 is 24.8 Å². The maximum Gasteiger partial charge on any atom is 0.270 e. The van der Waals surface area contributed by atoms with Gasteiger partial charge in [-0.3, -0.25) is 19.6 Å². The lowest BCUT2D eigenvalue weighted by Crippen LogP contribution is -2.51. The molecule has 7 nitrogen and oxygen atoms in total. The van der Waals surface area contributed by atoms with Gasteiger partial charge in [0.1, 0.15) is 5.69 Å². The summed E-state index contributed by atoms with van der Waals surface area (Å²) in [6.07, 6.45) is 5.02. The Hall–Kier alpha value is -2.22. The van der Waals surface area contributed by atoms with Gasteiger partial charge in [-0.1, -0.05) is 12.1 Å². The number of amides is 2. The van der Waals surface area contributed by atoms with E-state index in [-0.39, 0.29) is 49.2 Å². The molecule has 2 amide bonds. The zero-order valence-corrected chi connectivity index (χ0v) is 15.6. The highest BCUT2D eigenvalue weighted by atomic mass is 35.5. The third-order valence-corrected chi connectivity index (χ3v) is 3.93. The lowest BCUT2D eigenvalue weighted by molar-refractivity contribution is -0.133. The monoisotopic (exact) mass is 397 g/mol. The summed E-state index contributed by atoms with van der Waals surface area (Å²) in [4.78, 5) is 34.5. The number of hydrogen-bond donors (Lipinski definition) is 2. The molecule has 3 heterocycles. The minimum atomic E-state index is -0.350. The van der Waals surface area contributed by atoms with Crippen LogP contribution in [0.1, 0.15) is 22.1 Å². The van der Waals surface area contributed by atoms with Crippen molar-refractivity contribution in [3.05, 3.63) is 60.2 Å². The number of piperazine rings is 1. The van der Waals surface area contributed by atoms with Gasteiger partial charge >= 0.3 is 0 Å². The summed E-state index contributed by atoms with van der Waals surface area (Å²) in [5.41, 5.74) is 1.28. The van der Waals surface area contributed by atoms with E-state index in [2.05, 4.69) is 20.6 Å². The summed E-state index contributed by atoms with van der Waals surface area (Å²) in [5, 5.41) is 5.93. The number of nitrogens with zero attached hydrogens (tertiary/aromatic N) is 3. The second kappa shape index (κ2) is 10.7. The molecule has 9 heteroatoms. The molecule has 0 radical (unpaired) electrons. The van der Waals surface area contributed by atoms with Gasteiger partial charge in [0.25, 0.3) is 5.91 Å². The molecule has 3 rings (SSSR count). The van der Waals surface area contributed by atoms with Crippen molar-refractivity contribution in [3.8, 4) is 0 Å². The molecule has 1 unspecified atom stereocenters. The highest BCUT2D eigenvalue weighted by Gasteiger charge is 2.28. The quantitative estimate of drug-likeness (QED) is 0.809. The first-order chi connectivity index (χ1) is 11.8. The Balaban J connectivity index is 0.00000169. The van der Waals surface area contributed by atoms with E-state index in [4.69, 9.17) is 0 Å². The van der Waals surface area contributed by atoms with Gasteiger partial charge in [-0.15, -0.1) is 24.8 Å². The molecule has 26 heavy (non-hydrogen) atoms. The predicted octanol–water partition coefficient (Wildman–Crippen LogP) is 1.22. The molecule has 0 aromatic carbocycles. The second-order valence-corrected chi connectivity index (χ2v) is 5.49. The van der Waals surface area contributed by atoms with E-state index in [9.17, 15) is 9.59 Å². The largest absolute Gasteiger partial charge is 0.342 e.